The van der Waals surface area contributed by atoms with Gasteiger partial charge in [0, 0.05) is 0 Å². The van der Waals surface area contributed by atoms with Gasteiger partial charge in [0.15, 0.2) is 0 Å². The Hall–Kier alpha value is -0.0800. The highest BCUT2D eigenvalue weighted by molar-refractivity contribution is 4.51. The fraction of sp³-hybridized carbons (Fsp3) is 1.00. The Morgan fingerprint density at radius 3 is 0.618 bits per heavy atom. The van der Waals surface area contributed by atoms with Gasteiger partial charge in [-0.25, -0.2) is 0 Å². The average Bonchev–Trinajstić information content (AvgIpc) is 2.80. The van der Waals surface area contributed by atoms with Gasteiger partial charge in [-0.1, -0.05) is 155 Å². The van der Waals surface area contributed by atoms with E-state index in [1.807, 2.05) is 0 Å². The lowest BCUT2D eigenvalue weighted by Crippen LogP contribution is -2.12. The Labute approximate surface area is 219 Å². The van der Waals surface area contributed by atoms with Crippen LogP contribution in [0.1, 0.15) is 168 Å². The summed E-state index contributed by atoms with van der Waals surface area (Å²) in [6.45, 7) is 7.10. The summed E-state index contributed by atoms with van der Waals surface area (Å²) in [5.74, 6) is 0. The summed E-state index contributed by atoms with van der Waals surface area (Å²) in [5.41, 5.74) is 0. The van der Waals surface area contributed by atoms with E-state index < -0.39 is 0 Å². The van der Waals surface area contributed by atoms with E-state index >= 15 is 0 Å². The standard InChI is InChI=1S/2C16H35N/c2*1-4-5-6-7-8-9-10-11-12-13-14-15-16-17(2)3/h2*4-16H2,1-3H3. The maximum Gasteiger partial charge on any atom is -0.00248 e. The summed E-state index contributed by atoms with van der Waals surface area (Å²) in [7, 11) is 8.66. The summed E-state index contributed by atoms with van der Waals surface area (Å²) in [4.78, 5) is 4.58. The first kappa shape index (κ1) is 36.1. The molecule has 0 aliphatic rings. The molecular weight excluding hydrogens is 412 g/mol. The lowest BCUT2D eigenvalue weighted by molar-refractivity contribution is 0.389. The third kappa shape index (κ3) is 39.1. The van der Waals surface area contributed by atoms with Crippen molar-refractivity contribution in [3.8, 4) is 0 Å². The fourth-order valence-electron chi connectivity index (χ4n) is 4.54. The zero-order chi connectivity index (χ0) is 25.5. The van der Waals surface area contributed by atoms with E-state index in [2.05, 4.69) is 51.8 Å². The molecule has 0 rings (SSSR count). The highest BCUT2D eigenvalue weighted by Crippen LogP contribution is 2.13. The molecule has 0 bridgehead atoms. The van der Waals surface area contributed by atoms with Gasteiger partial charge in [0.25, 0.3) is 0 Å². The van der Waals surface area contributed by atoms with Crippen molar-refractivity contribution in [3.05, 3.63) is 0 Å². The Morgan fingerprint density at radius 1 is 0.265 bits per heavy atom. The molecular formula is C32H70N2. The Bertz CT molecular complexity index is 295. The van der Waals surface area contributed by atoms with Gasteiger partial charge in [-0.15, -0.1) is 0 Å². The molecule has 0 saturated heterocycles. The van der Waals surface area contributed by atoms with Gasteiger partial charge in [-0.2, -0.15) is 0 Å². The zero-order valence-electron chi connectivity index (χ0n) is 25.3. The number of nitrogens with zero attached hydrogens (tertiary/aromatic N) is 2. The summed E-state index contributed by atoms with van der Waals surface area (Å²) in [6, 6.07) is 0. The number of rotatable bonds is 26. The normalized spacial score (nSPS) is 11.3. The van der Waals surface area contributed by atoms with Crippen LogP contribution in [0.2, 0.25) is 0 Å². The molecule has 0 unspecified atom stereocenters. The van der Waals surface area contributed by atoms with Crippen molar-refractivity contribution < 1.29 is 0 Å². The predicted octanol–water partition coefficient (Wildman–Crippen LogP) is 10.5. The van der Waals surface area contributed by atoms with Gasteiger partial charge in [0.1, 0.15) is 0 Å². The minimum absolute atomic E-state index is 1.26. The average molecular weight is 483 g/mol. The van der Waals surface area contributed by atoms with Crippen LogP contribution in [0.5, 0.6) is 0 Å². The van der Waals surface area contributed by atoms with Crippen LogP contribution in [0.15, 0.2) is 0 Å². The molecule has 0 aromatic rings. The van der Waals surface area contributed by atoms with Gasteiger partial charge in [-0.05, 0) is 54.1 Å². The first-order chi connectivity index (χ1) is 16.5. The largest absolute Gasteiger partial charge is 0.309 e. The van der Waals surface area contributed by atoms with Crippen molar-refractivity contribution in [2.75, 3.05) is 41.3 Å². The van der Waals surface area contributed by atoms with Crippen molar-refractivity contribution in [2.45, 2.75) is 168 Å². The molecule has 208 valence electrons. The van der Waals surface area contributed by atoms with E-state index in [1.165, 1.54) is 167 Å². The third-order valence-corrected chi connectivity index (χ3v) is 6.92. The second-order valence-corrected chi connectivity index (χ2v) is 11.4. The van der Waals surface area contributed by atoms with Crippen LogP contribution in [-0.2, 0) is 0 Å². The summed E-state index contributed by atoms with van der Waals surface area (Å²) >= 11 is 0. The maximum absolute atomic E-state index is 2.29. The maximum atomic E-state index is 2.29. The van der Waals surface area contributed by atoms with Gasteiger partial charge < -0.3 is 9.80 Å². The Morgan fingerprint density at radius 2 is 0.441 bits per heavy atom. The summed E-state index contributed by atoms with van der Waals surface area (Å²) in [5, 5.41) is 0. The molecule has 0 aromatic heterocycles. The lowest BCUT2D eigenvalue weighted by atomic mass is 10.1. The zero-order valence-corrected chi connectivity index (χ0v) is 25.3. The Kier molecular flexibility index (Phi) is 34.9. The molecule has 0 aliphatic heterocycles. The molecule has 0 radical (unpaired) electrons. The van der Waals surface area contributed by atoms with Crippen LogP contribution in [-0.4, -0.2) is 51.1 Å². The Balaban J connectivity index is 0. The molecule has 0 heterocycles. The fourth-order valence-corrected chi connectivity index (χ4v) is 4.54. The van der Waals surface area contributed by atoms with Crippen molar-refractivity contribution >= 4 is 0 Å². The topological polar surface area (TPSA) is 6.48 Å². The first-order valence-electron chi connectivity index (χ1n) is 15.8. The quantitative estimate of drug-likeness (QED) is 0.113. The van der Waals surface area contributed by atoms with Gasteiger partial charge in [0.2, 0.25) is 0 Å². The third-order valence-electron chi connectivity index (χ3n) is 6.92. The van der Waals surface area contributed by atoms with Crippen LogP contribution in [0, 0.1) is 0 Å². The van der Waals surface area contributed by atoms with Gasteiger partial charge >= 0.3 is 0 Å². The molecule has 0 aromatic carbocycles. The molecule has 0 spiro atoms. The number of hydrogen-bond acceptors (Lipinski definition) is 2. The van der Waals surface area contributed by atoms with Crippen molar-refractivity contribution in [1.29, 1.82) is 0 Å². The van der Waals surface area contributed by atoms with Crippen LogP contribution < -0.4 is 0 Å². The van der Waals surface area contributed by atoms with E-state index in [-0.39, 0.29) is 0 Å². The van der Waals surface area contributed by atoms with Crippen molar-refractivity contribution in [3.63, 3.8) is 0 Å². The van der Waals surface area contributed by atoms with E-state index in [4.69, 9.17) is 0 Å². The predicted molar refractivity (Wildman–Crippen MR) is 159 cm³/mol. The van der Waals surface area contributed by atoms with E-state index in [1.54, 1.807) is 0 Å². The molecule has 0 atom stereocenters. The second kappa shape index (κ2) is 32.9. The number of hydrogen-bond donors (Lipinski definition) is 0. The van der Waals surface area contributed by atoms with Gasteiger partial charge in [0.05, 0.1) is 0 Å². The molecule has 34 heavy (non-hydrogen) atoms. The molecule has 0 fully saturated rings. The van der Waals surface area contributed by atoms with Crippen molar-refractivity contribution in [2.24, 2.45) is 0 Å². The molecule has 2 heteroatoms. The first-order valence-corrected chi connectivity index (χ1v) is 15.8. The second-order valence-electron chi connectivity index (χ2n) is 11.4. The minimum Gasteiger partial charge on any atom is -0.309 e. The highest BCUT2D eigenvalue weighted by atomic mass is 15.0. The summed E-state index contributed by atoms with van der Waals surface area (Å²) in [6.07, 6.45) is 34.7. The van der Waals surface area contributed by atoms with E-state index in [0.717, 1.165) is 0 Å². The van der Waals surface area contributed by atoms with E-state index in [9.17, 15) is 0 Å². The smallest absolute Gasteiger partial charge is 0.00248 e. The molecule has 0 N–H and O–H groups in total. The SMILES string of the molecule is CCCCCCCCCCCCCCN(C)C.CCCCCCCCCCCCCCN(C)C. The lowest BCUT2D eigenvalue weighted by Gasteiger charge is -2.08. The highest BCUT2D eigenvalue weighted by Gasteiger charge is 1.95. The number of unbranched alkanes of at least 4 members (excludes halogenated alkanes) is 22. The molecule has 0 amide bonds. The van der Waals surface area contributed by atoms with Crippen LogP contribution in [0.4, 0.5) is 0 Å². The molecule has 0 aliphatic carbocycles. The summed E-state index contributed by atoms with van der Waals surface area (Å²) < 4.78 is 0. The minimum atomic E-state index is 1.26. The van der Waals surface area contributed by atoms with E-state index in [0.29, 0.717) is 0 Å². The van der Waals surface area contributed by atoms with Crippen molar-refractivity contribution in [1.82, 2.24) is 9.80 Å². The van der Waals surface area contributed by atoms with Gasteiger partial charge in [-0.3, -0.25) is 0 Å². The van der Waals surface area contributed by atoms with Crippen LogP contribution in [0.3, 0.4) is 0 Å². The molecule has 2 nitrogen and oxygen atoms in total. The monoisotopic (exact) mass is 483 g/mol. The van der Waals surface area contributed by atoms with Crippen LogP contribution >= 0.6 is 0 Å². The molecule has 0 saturated carbocycles. The van der Waals surface area contributed by atoms with Crippen LogP contribution in [0.25, 0.3) is 0 Å².